The first-order valence-corrected chi connectivity index (χ1v) is 5.67. The molecule has 3 N–H and O–H groups in total. The summed E-state index contributed by atoms with van der Waals surface area (Å²) in [6.07, 6.45) is -2.50. The van der Waals surface area contributed by atoms with Crippen LogP contribution < -0.4 is 5.73 Å². The van der Waals surface area contributed by atoms with E-state index >= 15 is 0 Å². The average Bonchev–Trinajstić information content (AvgIpc) is 2.83. The third-order valence-electron chi connectivity index (χ3n) is 3.18. The van der Waals surface area contributed by atoms with Gasteiger partial charge >= 0.3 is 6.18 Å². The van der Waals surface area contributed by atoms with Crippen LogP contribution in [0.15, 0.2) is 12.4 Å². The van der Waals surface area contributed by atoms with Crippen LogP contribution in [0.1, 0.15) is 17.1 Å². The van der Waals surface area contributed by atoms with Gasteiger partial charge in [0.2, 0.25) is 5.60 Å². The van der Waals surface area contributed by atoms with Crippen LogP contribution in [0, 0.1) is 6.92 Å². The summed E-state index contributed by atoms with van der Waals surface area (Å²) in [5.41, 5.74) is 1.83. The summed E-state index contributed by atoms with van der Waals surface area (Å²) in [6, 6.07) is 0. The van der Waals surface area contributed by atoms with Crippen molar-refractivity contribution in [3.63, 3.8) is 0 Å². The van der Waals surface area contributed by atoms with Crippen molar-refractivity contribution < 1.29 is 18.3 Å². The van der Waals surface area contributed by atoms with E-state index in [-0.39, 0.29) is 11.5 Å². The zero-order valence-corrected chi connectivity index (χ0v) is 11.1. The van der Waals surface area contributed by atoms with E-state index in [9.17, 15) is 18.3 Å². The molecule has 0 bridgehead atoms. The predicted octanol–water partition coefficient (Wildman–Crippen LogP) is 0.842. The minimum absolute atomic E-state index is 0.00664. The molecule has 0 fully saturated rings. The van der Waals surface area contributed by atoms with Gasteiger partial charge in [-0.05, 0) is 6.92 Å². The van der Waals surface area contributed by atoms with Crippen molar-refractivity contribution >= 4 is 5.82 Å². The summed E-state index contributed by atoms with van der Waals surface area (Å²) in [4.78, 5) is 3.62. The number of aromatic nitrogens is 4. The highest BCUT2D eigenvalue weighted by molar-refractivity contribution is 5.51. The van der Waals surface area contributed by atoms with Crippen LogP contribution in [0.5, 0.6) is 0 Å². The molecule has 0 saturated carbocycles. The molecular formula is C11H14F3N5O. The minimum Gasteiger partial charge on any atom is -0.384 e. The molecule has 9 heteroatoms. The summed E-state index contributed by atoms with van der Waals surface area (Å²) >= 11 is 0. The summed E-state index contributed by atoms with van der Waals surface area (Å²) in [5, 5.41) is 14.2. The monoisotopic (exact) mass is 289 g/mol. The molecule has 2 aromatic heterocycles. The second kappa shape index (κ2) is 4.23. The largest absolute Gasteiger partial charge is 0.429 e. The summed E-state index contributed by atoms with van der Waals surface area (Å²) in [5.74, 6) is -0.821. The van der Waals surface area contributed by atoms with Gasteiger partial charge in [0.05, 0.1) is 11.3 Å². The smallest absolute Gasteiger partial charge is 0.384 e. The Bertz CT molecular complexity index is 645. The number of alkyl halides is 3. The van der Waals surface area contributed by atoms with Gasteiger partial charge < -0.3 is 15.4 Å². The molecule has 20 heavy (non-hydrogen) atoms. The van der Waals surface area contributed by atoms with Gasteiger partial charge in [-0.15, -0.1) is 0 Å². The number of rotatable bonds is 2. The van der Waals surface area contributed by atoms with Gasteiger partial charge in [0.25, 0.3) is 0 Å². The molecule has 2 rings (SSSR count). The summed E-state index contributed by atoms with van der Waals surface area (Å²) < 4.78 is 42.7. The summed E-state index contributed by atoms with van der Waals surface area (Å²) in [7, 11) is 2.77. The number of aliphatic hydroxyl groups is 1. The average molecular weight is 289 g/mol. The van der Waals surface area contributed by atoms with Gasteiger partial charge in [-0.25, -0.2) is 4.98 Å². The molecule has 0 radical (unpaired) electrons. The fourth-order valence-corrected chi connectivity index (χ4v) is 2.22. The Labute approximate surface area is 112 Å². The Morgan fingerprint density at radius 3 is 2.25 bits per heavy atom. The predicted molar refractivity (Wildman–Crippen MR) is 64.6 cm³/mol. The number of nitrogen functional groups attached to an aromatic ring is 1. The van der Waals surface area contributed by atoms with Crippen LogP contribution >= 0.6 is 0 Å². The van der Waals surface area contributed by atoms with Crippen LogP contribution in [0.25, 0.3) is 0 Å². The van der Waals surface area contributed by atoms with Crippen LogP contribution in [0.4, 0.5) is 19.0 Å². The van der Waals surface area contributed by atoms with Gasteiger partial charge in [-0.3, -0.25) is 4.68 Å². The zero-order chi connectivity index (χ0) is 15.3. The van der Waals surface area contributed by atoms with E-state index in [1.165, 1.54) is 33.4 Å². The van der Waals surface area contributed by atoms with E-state index in [4.69, 9.17) is 5.73 Å². The molecule has 0 unspecified atom stereocenters. The second-order valence-electron chi connectivity index (χ2n) is 4.54. The van der Waals surface area contributed by atoms with Crippen LogP contribution in [0.2, 0.25) is 0 Å². The van der Waals surface area contributed by atoms with Crippen LogP contribution in [0.3, 0.4) is 0 Å². The number of aryl methyl sites for hydroxylation is 3. The fourth-order valence-electron chi connectivity index (χ4n) is 2.22. The van der Waals surface area contributed by atoms with Crippen molar-refractivity contribution in [3.05, 3.63) is 29.5 Å². The number of imidazole rings is 1. The number of hydrogen-bond acceptors (Lipinski definition) is 4. The molecule has 0 aliphatic carbocycles. The maximum atomic E-state index is 13.5. The topological polar surface area (TPSA) is 81.9 Å². The Balaban J connectivity index is 2.82. The fraction of sp³-hybridized carbons (Fsp3) is 0.455. The van der Waals surface area contributed by atoms with E-state index in [1.54, 1.807) is 0 Å². The van der Waals surface area contributed by atoms with Gasteiger partial charge in [-0.1, -0.05) is 0 Å². The molecule has 110 valence electrons. The first kappa shape index (κ1) is 14.4. The maximum absolute atomic E-state index is 13.5. The number of halogens is 3. The van der Waals surface area contributed by atoms with Gasteiger partial charge in [-0.2, -0.15) is 18.3 Å². The van der Waals surface area contributed by atoms with Crippen molar-refractivity contribution in [1.82, 2.24) is 19.3 Å². The number of nitrogens with zero attached hydrogens (tertiary/aromatic N) is 4. The number of nitrogens with two attached hydrogens (primary N) is 1. The van der Waals surface area contributed by atoms with Crippen molar-refractivity contribution in [2.24, 2.45) is 14.1 Å². The third-order valence-corrected chi connectivity index (χ3v) is 3.18. The van der Waals surface area contributed by atoms with Gasteiger partial charge in [0.1, 0.15) is 5.82 Å². The van der Waals surface area contributed by atoms with Crippen LogP contribution in [-0.4, -0.2) is 30.6 Å². The van der Waals surface area contributed by atoms with Gasteiger partial charge in [0, 0.05) is 26.5 Å². The second-order valence-corrected chi connectivity index (χ2v) is 4.54. The van der Waals surface area contributed by atoms with Crippen LogP contribution in [-0.2, 0) is 19.7 Å². The minimum atomic E-state index is -4.99. The Hall–Kier alpha value is -2.03. The third kappa shape index (κ3) is 1.77. The SMILES string of the molecule is Cc1nn(C)c(N)c1[C@](O)(c1nccn1C)C(F)(F)F. The summed E-state index contributed by atoms with van der Waals surface area (Å²) in [6.45, 7) is 1.35. The lowest BCUT2D eigenvalue weighted by molar-refractivity contribution is -0.251. The molecule has 0 aliphatic rings. The molecule has 2 heterocycles. The van der Waals surface area contributed by atoms with E-state index in [0.717, 1.165) is 9.25 Å². The molecule has 0 spiro atoms. The Kier molecular flexibility index (Phi) is 3.04. The lowest BCUT2D eigenvalue weighted by Crippen LogP contribution is -2.46. The van der Waals surface area contributed by atoms with Crippen molar-refractivity contribution in [3.8, 4) is 0 Å². The van der Waals surface area contributed by atoms with E-state index in [0.29, 0.717) is 0 Å². The lowest BCUT2D eigenvalue weighted by Gasteiger charge is -2.30. The molecule has 2 aromatic rings. The highest BCUT2D eigenvalue weighted by Gasteiger charge is 2.61. The van der Waals surface area contributed by atoms with E-state index < -0.39 is 23.2 Å². The zero-order valence-electron chi connectivity index (χ0n) is 11.1. The molecule has 6 nitrogen and oxygen atoms in total. The molecule has 0 saturated heterocycles. The number of anilines is 1. The Morgan fingerprint density at radius 2 is 1.90 bits per heavy atom. The standard InChI is InChI=1S/C11H14F3N5O/c1-6-7(8(15)19(3)17-6)10(20,11(12,13)14)9-16-4-5-18(9)2/h4-5,20H,15H2,1-3H3/t10-/m0/s1. The highest BCUT2D eigenvalue weighted by Crippen LogP contribution is 2.46. The number of hydrogen-bond donors (Lipinski definition) is 2. The quantitative estimate of drug-likeness (QED) is 0.858. The van der Waals surface area contributed by atoms with Crippen molar-refractivity contribution in [2.45, 2.75) is 18.7 Å². The van der Waals surface area contributed by atoms with Crippen molar-refractivity contribution in [2.75, 3.05) is 5.73 Å². The highest BCUT2D eigenvalue weighted by atomic mass is 19.4. The van der Waals surface area contributed by atoms with E-state index in [1.807, 2.05) is 0 Å². The molecule has 0 amide bonds. The lowest BCUT2D eigenvalue weighted by atomic mass is 9.91. The van der Waals surface area contributed by atoms with Gasteiger partial charge in [0.15, 0.2) is 5.82 Å². The van der Waals surface area contributed by atoms with Crippen molar-refractivity contribution in [1.29, 1.82) is 0 Å². The molecule has 1 atom stereocenters. The molecule has 0 aliphatic heterocycles. The first-order valence-electron chi connectivity index (χ1n) is 5.67. The first-order chi connectivity index (χ1) is 9.10. The maximum Gasteiger partial charge on any atom is 0.429 e. The normalized spacial score (nSPS) is 15.3. The molecule has 0 aromatic carbocycles. The molecular weight excluding hydrogens is 275 g/mol. The Morgan fingerprint density at radius 1 is 1.30 bits per heavy atom. The van der Waals surface area contributed by atoms with E-state index in [2.05, 4.69) is 10.1 Å².